The van der Waals surface area contributed by atoms with Crippen LogP contribution in [0.3, 0.4) is 0 Å². The first-order valence-corrected chi connectivity index (χ1v) is 13.1. The second-order valence-corrected chi connectivity index (χ2v) is 9.74. The molecule has 0 aliphatic carbocycles. The molecule has 0 radical (unpaired) electrons. The lowest BCUT2D eigenvalue weighted by Gasteiger charge is -2.32. The van der Waals surface area contributed by atoms with Crippen LogP contribution < -0.4 is 15.6 Å². The molecule has 212 valence electrons. The highest BCUT2D eigenvalue weighted by Gasteiger charge is 2.23. The molecule has 4 aromatic rings. The largest absolute Gasteiger partial charge is 0.502 e. The smallest absolute Gasteiger partial charge is 0.311 e. The molecule has 0 amide bonds. The first-order chi connectivity index (χ1) is 19.4. The van der Waals surface area contributed by atoms with Crippen LogP contribution in [0.15, 0.2) is 77.9 Å². The van der Waals surface area contributed by atoms with Gasteiger partial charge in [-0.1, -0.05) is 54.1 Å². The van der Waals surface area contributed by atoms with Crippen LogP contribution in [-0.2, 0) is 6.42 Å². The van der Waals surface area contributed by atoms with Gasteiger partial charge in [0.2, 0.25) is 23.6 Å². The molecule has 41 heavy (non-hydrogen) atoms. The minimum absolute atomic E-state index is 0. The molecule has 0 atom stereocenters. The summed E-state index contributed by atoms with van der Waals surface area (Å²) >= 11 is 0. The summed E-state index contributed by atoms with van der Waals surface area (Å²) in [4.78, 5) is 26.3. The van der Waals surface area contributed by atoms with Crippen molar-refractivity contribution in [1.82, 2.24) is 15.0 Å². The lowest BCUT2D eigenvalue weighted by molar-refractivity contribution is -0.385. The molecule has 12 heteroatoms. The summed E-state index contributed by atoms with van der Waals surface area (Å²) < 4.78 is 0. The van der Waals surface area contributed by atoms with Crippen molar-refractivity contribution >= 4 is 47.8 Å². The number of phenolic OH excluding ortho intramolecular Hbond substituents is 1. The molecule has 0 bridgehead atoms. The molecule has 1 aliphatic rings. The van der Waals surface area contributed by atoms with Crippen molar-refractivity contribution in [2.75, 3.05) is 28.7 Å². The third-order valence-corrected chi connectivity index (χ3v) is 6.81. The number of aromatic hydroxyl groups is 1. The lowest BCUT2D eigenvalue weighted by Crippen LogP contribution is -2.35. The second-order valence-electron chi connectivity index (χ2n) is 9.74. The van der Waals surface area contributed by atoms with Gasteiger partial charge in [0, 0.05) is 30.4 Å². The Bertz CT molecular complexity index is 1490. The highest BCUT2D eigenvalue weighted by Crippen LogP contribution is 2.28. The number of benzene rings is 3. The van der Waals surface area contributed by atoms with Crippen LogP contribution in [0, 0.1) is 23.0 Å². The summed E-state index contributed by atoms with van der Waals surface area (Å²) in [6.45, 7) is 3.65. The van der Waals surface area contributed by atoms with Crippen molar-refractivity contribution in [3.8, 4) is 5.75 Å². The van der Waals surface area contributed by atoms with Gasteiger partial charge in [0.15, 0.2) is 0 Å². The van der Waals surface area contributed by atoms with Gasteiger partial charge >= 0.3 is 5.69 Å². The van der Waals surface area contributed by atoms with Gasteiger partial charge in [-0.3, -0.25) is 10.1 Å². The van der Waals surface area contributed by atoms with Gasteiger partial charge in [-0.05, 0) is 55.9 Å². The fourth-order valence-corrected chi connectivity index (χ4v) is 4.62. The summed E-state index contributed by atoms with van der Waals surface area (Å²) in [7, 11) is 0. The fourth-order valence-electron chi connectivity index (χ4n) is 4.62. The molecule has 3 aromatic carbocycles. The molecule has 1 aliphatic heterocycles. The van der Waals surface area contributed by atoms with Gasteiger partial charge in [-0.2, -0.15) is 20.1 Å². The molecule has 0 unspecified atom stereocenters. The predicted molar refractivity (Wildman–Crippen MR) is 163 cm³/mol. The predicted octanol–water partition coefficient (Wildman–Crippen LogP) is 5.86. The third-order valence-electron chi connectivity index (χ3n) is 6.81. The van der Waals surface area contributed by atoms with E-state index in [4.69, 9.17) is 0 Å². The van der Waals surface area contributed by atoms with Crippen molar-refractivity contribution in [3.05, 3.63) is 99.6 Å². The van der Waals surface area contributed by atoms with Crippen LogP contribution in [0.1, 0.15) is 29.5 Å². The van der Waals surface area contributed by atoms with Crippen LogP contribution in [0.5, 0.6) is 5.75 Å². The SMILES string of the molecule is Cc1ccc(Nc2nc(NN=Cc3cccc([N+](=O)[O-])c3O)nc(N3CCC(Cc4ccccc4)CC3)n2)cc1.Cl. The highest BCUT2D eigenvalue weighted by molar-refractivity contribution is 5.86. The quantitative estimate of drug-likeness (QED) is 0.127. The van der Waals surface area contributed by atoms with E-state index in [0.29, 0.717) is 17.8 Å². The van der Waals surface area contributed by atoms with Crippen LogP contribution in [0.2, 0.25) is 0 Å². The number of nitro groups is 1. The maximum absolute atomic E-state index is 11.1. The number of phenols is 1. The van der Waals surface area contributed by atoms with Gasteiger partial charge in [0.1, 0.15) is 0 Å². The van der Waals surface area contributed by atoms with E-state index in [1.54, 1.807) is 0 Å². The number of hydrazone groups is 1. The van der Waals surface area contributed by atoms with Crippen LogP contribution >= 0.6 is 12.4 Å². The summed E-state index contributed by atoms with van der Waals surface area (Å²) in [5.41, 5.74) is 5.90. The highest BCUT2D eigenvalue weighted by atomic mass is 35.5. The van der Waals surface area contributed by atoms with E-state index >= 15 is 0 Å². The average Bonchev–Trinajstić information content (AvgIpc) is 2.96. The summed E-state index contributed by atoms with van der Waals surface area (Å²) in [5, 5.41) is 28.7. The Hall–Kier alpha value is -4.77. The molecule has 0 saturated carbocycles. The Labute approximate surface area is 244 Å². The van der Waals surface area contributed by atoms with E-state index in [1.165, 1.54) is 30.0 Å². The molecular formula is C29H31ClN8O3. The maximum atomic E-state index is 11.1. The Morgan fingerprint density at radius 1 is 1.00 bits per heavy atom. The number of aryl methyl sites for hydroxylation is 1. The summed E-state index contributed by atoms with van der Waals surface area (Å²) in [6.07, 6.45) is 4.38. The number of para-hydroxylation sites is 1. The van der Waals surface area contributed by atoms with Crippen molar-refractivity contribution in [1.29, 1.82) is 0 Å². The molecule has 3 N–H and O–H groups in total. The Kier molecular flexibility index (Phi) is 9.64. The second kappa shape index (κ2) is 13.5. The lowest BCUT2D eigenvalue weighted by atomic mass is 9.90. The standard InChI is InChI=1S/C29H30N8O3.ClH/c1-20-10-12-24(13-11-20)31-27-32-28(35-30-19-23-8-5-9-25(26(23)38)37(39)40)34-29(33-27)36-16-14-22(15-17-36)18-21-6-3-2-4-7-21;/h2-13,19,22,38H,14-18H2,1H3,(H2,31,32,33,34,35);1H. The van der Waals surface area contributed by atoms with Crippen LogP contribution in [0.25, 0.3) is 0 Å². The van der Waals surface area contributed by atoms with E-state index in [9.17, 15) is 15.2 Å². The van der Waals surface area contributed by atoms with Crippen molar-refractivity contribution in [2.24, 2.45) is 11.0 Å². The van der Waals surface area contributed by atoms with E-state index in [0.717, 1.165) is 43.6 Å². The van der Waals surface area contributed by atoms with Gasteiger partial charge in [-0.25, -0.2) is 5.43 Å². The van der Waals surface area contributed by atoms with Crippen molar-refractivity contribution < 1.29 is 10.0 Å². The number of piperidine rings is 1. The molecule has 5 rings (SSSR count). The maximum Gasteiger partial charge on any atom is 0.311 e. The molecular weight excluding hydrogens is 544 g/mol. The number of anilines is 4. The first kappa shape index (κ1) is 29.2. The zero-order chi connectivity index (χ0) is 27.9. The average molecular weight is 575 g/mol. The van der Waals surface area contributed by atoms with E-state index in [1.807, 2.05) is 37.3 Å². The number of hydrogen-bond acceptors (Lipinski definition) is 10. The molecule has 2 heterocycles. The Morgan fingerprint density at radius 2 is 1.71 bits per heavy atom. The van der Waals surface area contributed by atoms with Crippen molar-refractivity contribution in [3.63, 3.8) is 0 Å². The Balaban J connectivity index is 0.00000387. The number of halogens is 1. The van der Waals surface area contributed by atoms with E-state index in [-0.39, 0.29) is 23.9 Å². The number of nitro benzene ring substituents is 1. The topological polar surface area (TPSA) is 142 Å². The van der Waals surface area contributed by atoms with Gasteiger partial charge in [0.05, 0.1) is 11.1 Å². The van der Waals surface area contributed by atoms with Crippen molar-refractivity contribution in [2.45, 2.75) is 26.2 Å². The number of nitrogens with one attached hydrogen (secondary N) is 2. The Morgan fingerprint density at radius 3 is 2.41 bits per heavy atom. The molecule has 1 saturated heterocycles. The zero-order valence-corrected chi connectivity index (χ0v) is 23.3. The minimum atomic E-state index is -0.648. The number of hydrogen-bond donors (Lipinski definition) is 3. The molecule has 1 fully saturated rings. The number of rotatable bonds is 9. The van der Waals surface area contributed by atoms with E-state index in [2.05, 4.69) is 60.0 Å². The van der Waals surface area contributed by atoms with Gasteiger partial charge < -0.3 is 15.3 Å². The summed E-state index contributed by atoms with van der Waals surface area (Å²) in [6, 6.07) is 22.7. The molecule has 1 aromatic heterocycles. The van der Waals surface area contributed by atoms with Crippen LogP contribution in [-0.4, -0.2) is 44.3 Å². The van der Waals surface area contributed by atoms with Gasteiger partial charge in [0.25, 0.3) is 0 Å². The summed E-state index contributed by atoms with van der Waals surface area (Å²) in [5.74, 6) is 1.21. The third kappa shape index (κ3) is 7.67. The first-order valence-electron chi connectivity index (χ1n) is 13.1. The molecule has 0 spiro atoms. The monoisotopic (exact) mass is 574 g/mol. The minimum Gasteiger partial charge on any atom is -0.502 e. The van der Waals surface area contributed by atoms with Gasteiger partial charge in [-0.15, -0.1) is 12.4 Å². The van der Waals surface area contributed by atoms with Crippen LogP contribution in [0.4, 0.5) is 29.2 Å². The normalized spacial score (nSPS) is 13.5. The molecule has 11 nitrogen and oxygen atoms in total. The number of nitrogens with zero attached hydrogens (tertiary/aromatic N) is 6. The van der Waals surface area contributed by atoms with E-state index < -0.39 is 16.4 Å². The fraction of sp³-hybridized carbons (Fsp3) is 0.241. The number of aromatic nitrogens is 3. The zero-order valence-electron chi connectivity index (χ0n) is 22.5.